The van der Waals surface area contributed by atoms with Crippen molar-refractivity contribution in [1.29, 1.82) is 0 Å². The molecule has 0 saturated heterocycles. The van der Waals surface area contributed by atoms with Crippen LogP contribution in [0.3, 0.4) is 0 Å². The van der Waals surface area contributed by atoms with Crippen molar-refractivity contribution >= 4 is 33.3 Å². The first-order valence-corrected chi connectivity index (χ1v) is 9.80. The van der Waals surface area contributed by atoms with Gasteiger partial charge in [0.05, 0.1) is 16.9 Å². The first-order chi connectivity index (χ1) is 11.9. The maximum absolute atomic E-state index is 12.4. The maximum Gasteiger partial charge on any atom is 0.316 e. The quantitative estimate of drug-likeness (QED) is 0.776. The highest BCUT2D eigenvalue weighted by Crippen LogP contribution is 2.49. The SMILES string of the molecule is CCOC(=O)C1(c2ccc(NS(=O)(=O)c3ccc(Cl)cc3)cc2)CC1. The molecule has 2 aromatic rings. The van der Waals surface area contributed by atoms with Gasteiger partial charge in [0, 0.05) is 10.7 Å². The molecule has 132 valence electrons. The lowest BCUT2D eigenvalue weighted by Crippen LogP contribution is -2.23. The number of anilines is 1. The summed E-state index contributed by atoms with van der Waals surface area (Å²) in [6, 6.07) is 12.8. The maximum atomic E-state index is 12.4. The Hall–Kier alpha value is -2.05. The molecule has 1 fully saturated rings. The Morgan fingerprint density at radius 3 is 2.24 bits per heavy atom. The molecule has 0 aromatic heterocycles. The minimum absolute atomic E-state index is 0.131. The molecule has 3 rings (SSSR count). The summed E-state index contributed by atoms with van der Waals surface area (Å²) in [7, 11) is -3.69. The van der Waals surface area contributed by atoms with Crippen molar-refractivity contribution in [2.24, 2.45) is 0 Å². The summed E-state index contributed by atoms with van der Waals surface area (Å²) in [4.78, 5) is 12.2. The van der Waals surface area contributed by atoms with Gasteiger partial charge in [-0.05, 0) is 61.7 Å². The van der Waals surface area contributed by atoms with Gasteiger partial charge >= 0.3 is 5.97 Å². The normalized spacial score (nSPS) is 15.4. The Morgan fingerprint density at radius 1 is 1.12 bits per heavy atom. The zero-order valence-corrected chi connectivity index (χ0v) is 15.2. The molecule has 1 aliphatic carbocycles. The standard InChI is InChI=1S/C18H18ClNO4S/c1-2-24-17(21)18(11-12-18)13-3-7-15(8-4-13)20-25(22,23)16-9-5-14(19)6-10-16/h3-10,20H,2,11-12H2,1H3. The fraction of sp³-hybridized carbons (Fsp3) is 0.278. The number of hydrogen-bond donors (Lipinski definition) is 1. The van der Waals surface area contributed by atoms with Gasteiger partial charge in [0.2, 0.25) is 0 Å². The molecule has 0 spiro atoms. The van der Waals surface area contributed by atoms with Crippen LogP contribution in [-0.4, -0.2) is 21.0 Å². The summed E-state index contributed by atoms with van der Waals surface area (Å²) in [6.45, 7) is 2.13. The molecule has 1 N–H and O–H groups in total. The topological polar surface area (TPSA) is 72.5 Å². The molecular formula is C18H18ClNO4S. The molecule has 0 unspecified atom stereocenters. The van der Waals surface area contributed by atoms with Crippen molar-refractivity contribution in [1.82, 2.24) is 0 Å². The Kier molecular flexibility index (Phi) is 4.75. The smallest absolute Gasteiger partial charge is 0.316 e. The average molecular weight is 380 g/mol. The van der Waals surface area contributed by atoms with Crippen LogP contribution in [-0.2, 0) is 25.0 Å². The summed E-state index contributed by atoms with van der Waals surface area (Å²) >= 11 is 5.78. The Labute approximate surface area is 152 Å². The fourth-order valence-corrected chi connectivity index (χ4v) is 3.87. The van der Waals surface area contributed by atoms with Crippen molar-refractivity contribution in [3.8, 4) is 0 Å². The van der Waals surface area contributed by atoms with E-state index in [2.05, 4.69) is 4.72 Å². The number of ether oxygens (including phenoxy) is 1. The van der Waals surface area contributed by atoms with Gasteiger partial charge in [-0.25, -0.2) is 8.42 Å². The van der Waals surface area contributed by atoms with Gasteiger partial charge in [0.1, 0.15) is 0 Å². The second kappa shape index (κ2) is 6.69. The van der Waals surface area contributed by atoms with E-state index in [4.69, 9.17) is 16.3 Å². The molecule has 0 radical (unpaired) electrons. The Morgan fingerprint density at radius 2 is 1.72 bits per heavy atom. The largest absolute Gasteiger partial charge is 0.465 e. The number of benzene rings is 2. The molecule has 1 aliphatic rings. The van der Waals surface area contributed by atoms with Crippen LogP contribution in [0.2, 0.25) is 5.02 Å². The Bertz CT molecular complexity index is 872. The third-order valence-corrected chi connectivity index (χ3v) is 5.88. The van der Waals surface area contributed by atoms with Crippen LogP contribution in [0.4, 0.5) is 5.69 Å². The number of hydrogen-bond acceptors (Lipinski definition) is 4. The van der Waals surface area contributed by atoms with Gasteiger partial charge in [0.15, 0.2) is 0 Å². The van der Waals surface area contributed by atoms with E-state index in [0.717, 1.165) is 18.4 Å². The zero-order chi connectivity index (χ0) is 18.1. The first kappa shape index (κ1) is 17.8. The van der Waals surface area contributed by atoms with E-state index in [1.54, 1.807) is 31.2 Å². The third kappa shape index (κ3) is 3.65. The molecule has 0 heterocycles. The van der Waals surface area contributed by atoms with Gasteiger partial charge in [-0.15, -0.1) is 0 Å². The number of rotatable bonds is 6. The first-order valence-electron chi connectivity index (χ1n) is 7.93. The lowest BCUT2D eigenvalue weighted by molar-refractivity contribution is -0.146. The number of sulfonamides is 1. The molecule has 7 heteroatoms. The monoisotopic (exact) mass is 379 g/mol. The van der Waals surface area contributed by atoms with E-state index in [1.807, 2.05) is 0 Å². The van der Waals surface area contributed by atoms with Crippen LogP contribution in [0.5, 0.6) is 0 Å². The molecule has 0 amide bonds. The minimum Gasteiger partial charge on any atom is -0.465 e. The second-order valence-electron chi connectivity index (χ2n) is 5.94. The lowest BCUT2D eigenvalue weighted by Gasteiger charge is -2.15. The van der Waals surface area contributed by atoms with Crippen LogP contribution in [0.25, 0.3) is 0 Å². The van der Waals surface area contributed by atoms with Gasteiger partial charge < -0.3 is 4.74 Å². The summed E-state index contributed by atoms with van der Waals surface area (Å²) in [6.07, 6.45) is 1.50. The van der Waals surface area contributed by atoms with Crippen LogP contribution in [0, 0.1) is 0 Å². The van der Waals surface area contributed by atoms with Crippen LogP contribution >= 0.6 is 11.6 Å². The highest BCUT2D eigenvalue weighted by molar-refractivity contribution is 7.92. The van der Waals surface area contributed by atoms with E-state index in [1.165, 1.54) is 24.3 Å². The van der Waals surface area contributed by atoms with Gasteiger partial charge in [-0.2, -0.15) is 0 Å². The van der Waals surface area contributed by atoms with Crippen LogP contribution in [0.1, 0.15) is 25.3 Å². The molecule has 0 atom stereocenters. The number of carbonyl (C=O) groups excluding carboxylic acids is 1. The van der Waals surface area contributed by atoms with E-state index in [0.29, 0.717) is 17.3 Å². The van der Waals surface area contributed by atoms with Crippen LogP contribution in [0.15, 0.2) is 53.4 Å². The third-order valence-electron chi connectivity index (χ3n) is 4.23. The molecule has 1 saturated carbocycles. The summed E-state index contributed by atoms with van der Waals surface area (Å²) < 4.78 is 32.4. The molecule has 2 aromatic carbocycles. The van der Waals surface area contributed by atoms with Gasteiger partial charge in [-0.1, -0.05) is 23.7 Å². The van der Waals surface area contributed by atoms with E-state index in [9.17, 15) is 13.2 Å². The highest BCUT2D eigenvalue weighted by atomic mass is 35.5. The molecule has 0 bridgehead atoms. The molecule has 25 heavy (non-hydrogen) atoms. The number of nitrogens with one attached hydrogen (secondary N) is 1. The van der Waals surface area contributed by atoms with Crippen molar-refractivity contribution in [2.45, 2.75) is 30.1 Å². The average Bonchev–Trinajstić information content (AvgIpc) is 3.38. The number of carbonyl (C=O) groups is 1. The summed E-state index contributed by atoms with van der Waals surface area (Å²) in [5.74, 6) is -0.218. The van der Waals surface area contributed by atoms with Crippen molar-refractivity contribution in [2.75, 3.05) is 11.3 Å². The molecule has 0 aliphatic heterocycles. The predicted molar refractivity (Wildman–Crippen MR) is 96.2 cm³/mol. The van der Waals surface area contributed by atoms with E-state index < -0.39 is 15.4 Å². The lowest BCUT2D eigenvalue weighted by atomic mass is 9.96. The number of halogens is 1. The second-order valence-corrected chi connectivity index (χ2v) is 8.06. The molecular weight excluding hydrogens is 362 g/mol. The van der Waals surface area contributed by atoms with Crippen LogP contribution < -0.4 is 4.72 Å². The summed E-state index contributed by atoms with van der Waals surface area (Å²) in [5.41, 5.74) is 0.711. The zero-order valence-electron chi connectivity index (χ0n) is 13.7. The number of esters is 1. The minimum atomic E-state index is -3.69. The summed E-state index contributed by atoms with van der Waals surface area (Å²) in [5, 5.41) is 0.469. The van der Waals surface area contributed by atoms with Crippen molar-refractivity contribution in [3.63, 3.8) is 0 Å². The highest BCUT2D eigenvalue weighted by Gasteiger charge is 2.52. The Balaban J connectivity index is 1.77. The fourth-order valence-electron chi connectivity index (χ4n) is 2.69. The molecule has 5 nitrogen and oxygen atoms in total. The van der Waals surface area contributed by atoms with Crippen molar-refractivity contribution in [3.05, 3.63) is 59.1 Å². The predicted octanol–water partition coefficient (Wildman–Crippen LogP) is 3.74. The van der Waals surface area contributed by atoms with E-state index in [-0.39, 0.29) is 10.9 Å². The van der Waals surface area contributed by atoms with Gasteiger partial charge in [0.25, 0.3) is 10.0 Å². The van der Waals surface area contributed by atoms with Gasteiger partial charge in [-0.3, -0.25) is 9.52 Å². The van der Waals surface area contributed by atoms with E-state index >= 15 is 0 Å². The van der Waals surface area contributed by atoms with Crippen molar-refractivity contribution < 1.29 is 17.9 Å².